The van der Waals surface area contributed by atoms with Gasteiger partial charge in [0.25, 0.3) is 0 Å². The summed E-state index contributed by atoms with van der Waals surface area (Å²) in [6, 6.07) is 7.73. The van der Waals surface area contributed by atoms with Gasteiger partial charge in [0.15, 0.2) is 0 Å². The summed E-state index contributed by atoms with van der Waals surface area (Å²) in [5.41, 5.74) is 1.11. The minimum Gasteiger partial charge on any atom is -0.394 e. The number of hydrogen-bond donors (Lipinski definition) is 2. The van der Waals surface area contributed by atoms with Crippen LogP contribution in [0.25, 0.3) is 0 Å². The van der Waals surface area contributed by atoms with Crippen molar-refractivity contribution in [2.45, 2.75) is 45.1 Å². The standard InChI is InChI=1S/C15H22ClNO/c1-14(2)7-9-15(11-18,10-8-14)17-13-6-4-3-5-12(13)16/h3-6,17-18H,7-11H2,1-2H3. The molecule has 0 radical (unpaired) electrons. The third-order valence-electron chi connectivity index (χ3n) is 4.14. The van der Waals surface area contributed by atoms with Gasteiger partial charge in [-0.2, -0.15) is 0 Å². The van der Waals surface area contributed by atoms with Crippen LogP contribution >= 0.6 is 11.6 Å². The first-order chi connectivity index (χ1) is 8.46. The van der Waals surface area contributed by atoms with Gasteiger partial charge in [0.2, 0.25) is 0 Å². The van der Waals surface area contributed by atoms with Gasteiger partial charge in [0.1, 0.15) is 0 Å². The van der Waals surface area contributed by atoms with E-state index in [9.17, 15) is 5.11 Å². The predicted molar refractivity (Wildman–Crippen MR) is 77.1 cm³/mol. The Labute approximate surface area is 114 Å². The van der Waals surface area contributed by atoms with Crippen LogP contribution in [-0.2, 0) is 0 Å². The lowest BCUT2D eigenvalue weighted by atomic mass is 9.69. The Morgan fingerprint density at radius 2 is 1.78 bits per heavy atom. The number of benzene rings is 1. The maximum absolute atomic E-state index is 9.76. The molecule has 0 atom stereocenters. The van der Waals surface area contributed by atoms with Crippen molar-refractivity contribution in [2.75, 3.05) is 11.9 Å². The van der Waals surface area contributed by atoms with Gasteiger partial charge in [-0.05, 0) is 43.2 Å². The molecular formula is C15H22ClNO. The Morgan fingerprint density at radius 3 is 2.33 bits per heavy atom. The van der Waals surface area contributed by atoms with Crippen molar-refractivity contribution in [1.29, 1.82) is 0 Å². The highest BCUT2D eigenvalue weighted by Crippen LogP contribution is 2.42. The molecule has 1 aliphatic rings. The zero-order chi connectivity index (χ0) is 13.2. The van der Waals surface area contributed by atoms with E-state index in [1.165, 1.54) is 0 Å². The molecule has 0 aliphatic heterocycles. The van der Waals surface area contributed by atoms with Gasteiger partial charge < -0.3 is 10.4 Å². The second kappa shape index (κ2) is 5.10. The normalized spacial score (nSPS) is 21.6. The number of anilines is 1. The summed E-state index contributed by atoms with van der Waals surface area (Å²) >= 11 is 6.17. The third-order valence-corrected chi connectivity index (χ3v) is 4.47. The molecule has 0 aromatic heterocycles. The lowest BCUT2D eigenvalue weighted by Gasteiger charge is -2.43. The van der Waals surface area contributed by atoms with E-state index in [4.69, 9.17) is 11.6 Å². The highest BCUT2D eigenvalue weighted by atomic mass is 35.5. The molecule has 0 unspecified atom stereocenters. The van der Waals surface area contributed by atoms with E-state index in [1.807, 2.05) is 24.3 Å². The van der Waals surface area contributed by atoms with Crippen LogP contribution in [0.15, 0.2) is 24.3 Å². The molecule has 0 spiro atoms. The van der Waals surface area contributed by atoms with Crippen LogP contribution in [0.3, 0.4) is 0 Å². The van der Waals surface area contributed by atoms with E-state index in [0.717, 1.165) is 36.4 Å². The average Bonchev–Trinajstić information content (AvgIpc) is 2.35. The molecule has 2 rings (SSSR count). The first-order valence-electron chi connectivity index (χ1n) is 6.60. The lowest BCUT2D eigenvalue weighted by Crippen LogP contribution is -2.46. The highest BCUT2D eigenvalue weighted by molar-refractivity contribution is 6.33. The predicted octanol–water partition coefficient (Wildman–Crippen LogP) is 4.08. The number of hydrogen-bond acceptors (Lipinski definition) is 2. The Morgan fingerprint density at radius 1 is 1.17 bits per heavy atom. The smallest absolute Gasteiger partial charge is 0.0661 e. The molecule has 1 saturated carbocycles. The number of aliphatic hydroxyl groups is 1. The fraction of sp³-hybridized carbons (Fsp3) is 0.600. The second-order valence-electron chi connectivity index (χ2n) is 6.21. The van der Waals surface area contributed by atoms with Crippen molar-refractivity contribution >= 4 is 17.3 Å². The van der Waals surface area contributed by atoms with E-state index >= 15 is 0 Å². The third kappa shape index (κ3) is 2.99. The average molecular weight is 268 g/mol. The lowest BCUT2D eigenvalue weighted by molar-refractivity contribution is 0.118. The van der Waals surface area contributed by atoms with Gasteiger partial charge in [0, 0.05) is 0 Å². The molecule has 2 nitrogen and oxygen atoms in total. The quantitative estimate of drug-likeness (QED) is 0.865. The van der Waals surface area contributed by atoms with E-state index in [1.54, 1.807) is 0 Å². The van der Waals surface area contributed by atoms with E-state index in [0.29, 0.717) is 5.41 Å². The maximum Gasteiger partial charge on any atom is 0.0661 e. The largest absolute Gasteiger partial charge is 0.394 e. The number of para-hydroxylation sites is 1. The van der Waals surface area contributed by atoms with Crippen molar-refractivity contribution in [2.24, 2.45) is 5.41 Å². The minimum absolute atomic E-state index is 0.161. The van der Waals surface area contributed by atoms with Crippen LogP contribution in [-0.4, -0.2) is 17.3 Å². The van der Waals surface area contributed by atoms with Crippen molar-refractivity contribution in [3.05, 3.63) is 29.3 Å². The first-order valence-corrected chi connectivity index (χ1v) is 6.98. The molecule has 100 valence electrons. The summed E-state index contributed by atoms with van der Waals surface area (Å²) < 4.78 is 0. The SMILES string of the molecule is CC1(C)CCC(CO)(Nc2ccccc2Cl)CC1. The van der Waals surface area contributed by atoms with Gasteiger partial charge in [-0.15, -0.1) is 0 Å². The summed E-state index contributed by atoms with van der Waals surface area (Å²) in [7, 11) is 0. The fourth-order valence-electron chi connectivity index (χ4n) is 2.58. The van der Waals surface area contributed by atoms with Gasteiger partial charge in [-0.1, -0.05) is 37.6 Å². The van der Waals surface area contributed by atoms with E-state index in [-0.39, 0.29) is 12.1 Å². The molecule has 0 heterocycles. The highest BCUT2D eigenvalue weighted by Gasteiger charge is 2.38. The van der Waals surface area contributed by atoms with Crippen molar-refractivity contribution in [1.82, 2.24) is 0 Å². The Hall–Kier alpha value is -0.730. The Balaban J connectivity index is 2.13. The van der Waals surface area contributed by atoms with Crippen LogP contribution in [0, 0.1) is 5.41 Å². The number of nitrogens with one attached hydrogen (secondary N) is 1. The van der Waals surface area contributed by atoms with Gasteiger partial charge >= 0.3 is 0 Å². The van der Waals surface area contributed by atoms with Gasteiger partial charge in [0.05, 0.1) is 22.9 Å². The fourth-order valence-corrected chi connectivity index (χ4v) is 2.76. The summed E-state index contributed by atoms with van der Waals surface area (Å²) in [5.74, 6) is 0. The Bertz CT molecular complexity index is 407. The summed E-state index contributed by atoms with van der Waals surface area (Å²) in [4.78, 5) is 0. The molecular weight excluding hydrogens is 246 g/mol. The van der Waals surface area contributed by atoms with E-state index in [2.05, 4.69) is 19.2 Å². The van der Waals surface area contributed by atoms with Crippen LogP contribution in [0.4, 0.5) is 5.69 Å². The second-order valence-corrected chi connectivity index (χ2v) is 6.61. The van der Waals surface area contributed by atoms with Gasteiger partial charge in [-0.3, -0.25) is 0 Å². The van der Waals surface area contributed by atoms with Crippen molar-refractivity contribution in [3.63, 3.8) is 0 Å². The van der Waals surface area contributed by atoms with Crippen LogP contribution in [0.1, 0.15) is 39.5 Å². The topological polar surface area (TPSA) is 32.3 Å². The van der Waals surface area contributed by atoms with Crippen molar-refractivity contribution in [3.8, 4) is 0 Å². The summed E-state index contributed by atoms with van der Waals surface area (Å²) in [5, 5.41) is 13.9. The summed E-state index contributed by atoms with van der Waals surface area (Å²) in [6.07, 6.45) is 4.24. The summed E-state index contributed by atoms with van der Waals surface area (Å²) in [6.45, 7) is 4.75. The molecule has 3 heteroatoms. The molecule has 0 saturated heterocycles. The molecule has 1 aliphatic carbocycles. The zero-order valence-corrected chi connectivity index (χ0v) is 11.9. The van der Waals surface area contributed by atoms with Crippen LogP contribution in [0.5, 0.6) is 0 Å². The molecule has 1 aromatic carbocycles. The molecule has 1 fully saturated rings. The zero-order valence-electron chi connectivity index (χ0n) is 11.2. The maximum atomic E-state index is 9.76. The molecule has 0 amide bonds. The molecule has 2 N–H and O–H groups in total. The number of rotatable bonds is 3. The van der Waals surface area contributed by atoms with Crippen molar-refractivity contribution < 1.29 is 5.11 Å². The minimum atomic E-state index is -0.208. The first kappa shape index (κ1) is 13.7. The van der Waals surface area contributed by atoms with E-state index < -0.39 is 0 Å². The molecule has 0 bridgehead atoms. The number of aliphatic hydroxyl groups excluding tert-OH is 1. The number of halogens is 1. The Kier molecular flexibility index (Phi) is 3.88. The van der Waals surface area contributed by atoms with Crippen LogP contribution < -0.4 is 5.32 Å². The monoisotopic (exact) mass is 267 g/mol. The molecule has 18 heavy (non-hydrogen) atoms. The van der Waals surface area contributed by atoms with Crippen LogP contribution in [0.2, 0.25) is 5.02 Å². The van der Waals surface area contributed by atoms with Gasteiger partial charge in [-0.25, -0.2) is 0 Å². The molecule has 1 aromatic rings.